The quantitative estimate of drug-likeness (QED) is 0.548. The first kappa shape index (κ1) is 17.9. The summed E-state index contributed by atoms with van der Waals surface area (Å²) in [5.74, 6) is 1.39. The van der Waals surface area contributed by atoms with Crippen LogP contribution in [0.5, 0.6) is 0 Å². The van der Waals surface area contributed by atoms with Gasteiger partial charge in [-0.05, 0) is 68.6 Å². The largest absolute Gasteiger partial charge is 0.409 e. The van der Waals surface area contributed by atoms with Crippen molar-refractivity contribution in [1.82, 2.24) is 9.88 Å². The van der Waals surface area contributed by atoms with E-state index in [9.17, 15) is 0 Å². The number of benzene rings is 1. The van der Waals surface area contributed by atoms with Gasteiger partial charge in [-0.15, -0.1) is 6.58 Å². The highest BCUT2D eigenvalue weighted by Crippen LogP contribution is 2.44. The summed E-state index contributed by atoms with van der Waals surface area (Å²) in [6.45, 7) is 13.3. The van der Waals surface area contributed by atoms with Crippen LogP contribution < -0.4 is 0 Å². The number of rotatable bonds is 5. The molecular weight excluding hydrogens is 336 g/mol. The Kier molecular flexibility index (Phi) is 4.76. The SMILES string of the molecule is C=C[C@H]1CN2CC[C@H]1C[C@@H]2[C@H](O[Si](C)(C)C)c1ccnc2ccccc12. The molecule has 138 valence electrons. The number of pyridine rings is 1. The van der Waals surface area contributed by atoms with Crippen molar-refractivity contribution < 1.29 is 4.43 Å². The third kappa shape index (κ3) is 3.38. The minimum atomic E-state index is -1.69. The van der Waals surface area contributed by atoms with Crippen molar-refractivity contribution in [2.24, 2.45) is 11.8 Å². The molecule has 5 rings (SSSR count). The van der Waals surface area contributed by atoms with Gasteiger partial charge in [-0.1, -0.05) is 24.3 Å². The van der Waals surface area contributed by atoms with Crippen molar-refractivity contribution in [3.8, 4) is 0 Å². The summed E-state index contributed by atoms with van der Waals surface area (Å²) >= 11 is 0. The molecule has 4 heterocycles. The minimum Gasteiger partial charge on any atom is -0.409 e. The second-order valence-corrected chi connectivity index (χ2v) is 13.3. The Bertz CT molecular complexity index is 795. The number of hydrogen-bond donors (Lipinski definition) is 0. The van der Waals surface area contributed by atoms with Crippen LogP contribution in [-0.4, -0.2) is 37.3 Å². The third-order valence-electron chi connectivity index (χ3n) is 5.97. The summed E-state index contributed by atoms with van der Waals surface area (Å²) in [4.78, 5) is 7.23. The maximum absolute atomic E-state index is 6.84. The van der Waals surface area contributed by atoms with Crippen LogP contribution in [0.2, 0.25) is 19.6 Å². The Balaban J connectivity index is 1.75. The molecule has 0 N–H and O–H groups in total. The van der Waals surface area contributed by atoms with Crippen LogP contribution in [0.15, 0.2) is 49.2 Å². The molecular formula is C22H30N2OSi. The summed E-state index contributed by atoms with van der Waals surface area (Å²) in [6, 6.07) is 11.1. The van der Waals surface area contributed by atoms with Crippen molar-refractivity contribution in [1.29, 1.82) is 0 Å². The number of piperidine rings is 3. The van der Waals surface area contributed by atoms with E-state index in [1.165, 1.54) is 30.3 Å². The maximum Gasteiger partial charge on any atom is 0.184 e. The molecule has 2 aromatic rings. The van der Waals surface area contributed by atoms with Crippen LogP contribution >= 0.6 is 0 Å². The third-order valence-corrected chi connectivity index (χ3v) is 6.93. The number of aromatic nitrogens is 1. The number of nitrogens with zero attached hydrogens (tertiary/aromatic N) is 2. The molecule has 1 aromatic carbocycles. The van der Waals surface area contributed by atoms with E-state index >= 15 is 0 Å². The molecule has 3 saturated heterocycles. The van der Waals surface area contributed by atoms with Crippen LogP contribution in [0.4, 0.5) is 0 Å². The van der Waals surface area contributed by atoms with Gasteiger partial charge in [0.2, 0.25) is 0 Å². The first-order chi connectivity index (χ1) is 12.5. The van der Waals surface area contributed by atoms with E-state index in [0.717, 1.165) is 18.0 Å². The smallest absolute Gasteiger partial charge is 0.184 e. The number of fused-ring (bicyclic) bond motifs is 4. The first-order valence-electron chi connectivity index (χ1n) is 9.84. The molecule has 4 heteroatoms. The molecule has 0 saturated carbocycles. The molecule has 0 spiro atoms. The fourth-order valence-corrected chi connectivity index (χ4v) is 5.83. The highest BCUT2D eigenvalue weighted by atomic mass is 28.4. The van der Waals surface area contributed by atoms with E-state index in [2.05, 4.69) is 72.5 Å². The lowest BCUT2D eigenvalue weighted by Crippen LogP contribution is -2.56. The zero-order chi connectivity index (χ0) is 18.3. The lowest BCUT2D eigenvalue weighted by molar-refractivity contribution is -0.0381. The van der Waals surface area contributed by atoms with Gasteiger partial charge >= 0.3 is 0 Å². The second-order valence-electron chi connectivity index (χ2n) is 8.81. The Hall–Kier alpha value is -1.49. The summed E-state index contributed by atoms with van der Waals surface area (Å²) in [7, 11) is -1.69. The van der Waals surface area contributed by atoms with Crippen molar-refractivity contribution in [2.45, 2.75) is 44.6 Å². The normalized spacial score (nSPS) is 29.7. The Morgan fingerprint density at radius 2 is 2.08 bits per heavy atom. The van der Waals surface area contributed by atoms with Crippen molar-refractivity contribution in [3.05, 3.63) is 54.7 Å². The molecule has 1 unspecified atom stereocenters. The van der Waals surface area contributed by atoms with E-state index in [1.807, 2.05) is 6.20 Å². The minimum absolute atomic E-state index is 0.128. The highest BCUT2D eigenvalue weighted by molar-refractivity contribution is 6.69. The van der Waals surface area contributed by atoms with E-state index in [0.29, 0.717) is 12.0 Å². The summed E-state index contributed by atoms with van der Waals surface area (Å²) in [5, 5.41) is 1.24. The lowest BCUT2D eigenvalue weighted by Gasteiger charge is -2.52. The number of para-hydroxylation sites is 1. The molecule has 3 aliphatic rings. The molecule has 5 atom stereocenters. The zero-order valence-corrected chi connectivity index (χ0v) is 17.2. The Morgan fingerprint density at radius 3 is 2.77 bits per heavy atom. The van der Waals surface area contributed by atoms with Crippen LogP contribution in [-0.2, 0) is 4.43 Å². The van der Waals surface area contributed by atoms with Crippen LogP contribution in [0, 0.1) is 11.8 Å². The molecule has 3 fully saturated rings. The number of hydrogen-bond acceptors (Lipinski definition) is 3. The second kappa shape index (κ2) is 6.91. The lowest BCUT2D eigenvalue weighted by atomic mass is 9.73. The van der Waals surface area contributed by atoms with Gasteiger partial charge in [-0.3, -0.25) is 9.88 Å². The van der Waals surface area contributed by atoms with Gasteiger partial charge < -0.3 is 4.43 Å². The van der Waals surface area contributed by atoms with Crippen LogP contribution in [0.25, 0.3) is 10.9 Å². The standard InChI is InChI=1S/C22H30N2OSi/c1-5-16-15-24-13-11-17(16)14-21(24)22(25-26(2,3)4)19-10-12-23-20-9-7-6-8-18(19)20/h5-10,12,16-17,21-22H,1,11,13-15H2,2-4H3/t16-,17-,21+,22+/m0/s1. The van der Waals surface area contributed by atoms with Gasteiger partial charge in [0.25, 0.3) is 0 Å². The monoisotopic (exact) mass is 366 g/mol. The topological polar surface area (TPSA) is 25.4 Å². The van der Waals surface area contributed by atoms with E-state index in [-0.39, 0.29) is 6.10 Å². The molecule has 2 bridgehead atoms. The van der Waals surface area contributed by atoms with Gasteiger partial charge in [-0.25, -0.2) is 0 Å². The zero-order valence-electron chi connectivity index (χ0n) is 16.2. The molecule has 0 aliphatic carbocycles. The molecule has 0 radical (unpaired) electrons. The van der Waals surface area contributed by atoms with Crippen molar-refractivity contribution in [3.63, 3.8) is 0 Å². The molecule has 3 nitrogen and oxygen atoms in total. The van der Waals surface area contributed by atoms with E-state index < -0.39 is 8.32 Å². The Morgan fingerprint density at radius 1 is 1.27 bits per heavy atom. The van der Waals surface area contributed by atoms with Crippen molar-refractivity contribution >= 4 is 19.2 Å². The maximum atomic E-state index is 6.84. The summed E-state index contributed by atoms with van der Waals surface area (Å²) in [5.41, 5.74) is 2.37. The fourth-order valence-electron chi connectivity index (χ4n) is 4.79. The van der Waals surface area contributed by atoms with E-state index in [1.54, 1.807) is 0 Å². The van der Waals surface area contributed by atoms with Crippen LogP contribution in [0.3, 0.4) is 0 Å². The Labute approximate surface area is 158 Å². The molecule has 3 aliphatic heterocycles. The molecule has 1 aromatic heterocycles. The first-order valence-corrected chi connectivity index (χ1v) is 13.2. The molecule has 0 amide bonds. The molecule has 26 heavy (non-hydrogen) atoms. The fraction of sp³-hybridized carbons (Fsp3) is 0.500. The average Bonchev–Trinajstić information content (AvgIpc) is 2.65. The summed E-state index contributed by atoms with van der Waals surface area (Å²) in [6.07, 6.45) is 6.75. The van der Waals surface area contributed by atoms with Gasteiger partial charge in [-0.2, -0.15) is 0 Å². The van der Waals surface area contributed by atoms with Crippen LogP contribution in [0.1, 0.15) is 24.5 Å². The van der Waals surface area contributed by atoms with E-state index in [4.69, 9.17) is 4.43 Å². The van der Waals surface area contributed by atoms with Gasteiger partial charge in [0, 0.05) is 24.2 Å². The average molecular weight is 367 g/mol. The van der Waals surface area contributed by atoms with Gasteiger partial charge in [0.1, 0.15) is 0 Å². The predicted octanol–water partition coefficient (Wildman–Crippen LogP) is 5.02. The van der Waals surface area contributed by atoms with Crippen molar-refractivity contribution in [2.75, 3.05) is 13.1 Å². The predicted molar refractivity (Wildman–Crippen MR) is 111 cm³/mol. The highest BCUT2D eigenvalue weighted by Gasteiger charge is 2.44. The van der Waals surface area contributed by atoms with Gasteiger partial charge in [0.15, 0.2) is 8.32 Å². The summed E-state index contributed by atoms with van der Waals surface area (Å²) < 4.78 is 6.84. The van der Waals surface area contributed by atoms with Gasteiger partial charge in [0.05, 0.1) is 11.6 Å².